The molecule has 2 aromatic heterocycles. The minimum Gasteiger partial charge on any atom is -0.481 e. The van der Waals surface area contributed by atoms with E-state index in [0.29, 0.717) is 66.3 Å². The zero-order valence-corrected chi connectivity index (χ0v) is 36.3. The molecule has 9 rings (SSSR count). The van der Waals surface area contributed by atoms with E-state index >= 15 is 0 Å². The number of anilines is 1. The van der Waals surface area contributed by atoms with Gasteiger partial charge in [0.1, 0.15) is 23.4 Å². The number of esters is 1. The second-order valence-electron chi connectivity index (χ2n) is 18.0. The van der Waals surface area contributed by atoms with E-state index in [1.165, 1.54) is 0 Å². The highest BCUT2D eigenvalue weighted by atomic mass is 33.1. The minimum absolute atomic E-state index is 0.00265. The van der Waals surface area contributed by atoms with Crippen molar-refractivity contribution in [3.05, 3.63) is 86.4 Å². The number of carbonyl (C=O) groups excluding carboxylic acids is 3. The average molecular weight is 855 g/mol. The molecule has 3 aliphatic heterocycles. The molecule has 8 atom stereocenters. The molecule has 3 fully saturated rings. The van der Waals surface area contributed by atoms with Crippen molar-refractivity contribution in [3.63, 3.8) is 0 Å². The fourth-order valence-corrected chi connectivity index (χ4v) is 14.7. The molecular formula is C46H54N4O8S2. The zero-order valence-electron chi connectivity index (χ0n) is 34.7. The van der Waals surface area contributed by atoms with Crippen LogP contribution in [0.15, 0.2) is 63.0 Å². The number of benzene rings is 1. The molecule has 1 amide bonds. The molecule has 14 heteroatoms. The maximum absolute atomic E-state index is 14.5. The summed E-state index contributed by atoms with van der Waals surface area (Å²) in [5.41, 5.74) is 8.14. The number of hydrogen-bond acceptors (Lipinski definition) is 13. The van der Waals surface area contributed by atoms with Gasteiger partial charge >= 0.3 is 11.6 Å². The first kappa shape index (κ1) is 41.3. The topological polar surface area (TPSA) is 174 Å². The van der Waals surface area contributed by atoms with E-state index in [-0.39, 0.29) is 48.1 Å². The summed E-state index contributed by atoms with van der Waals surface area (Å²) >= 11 is 0. The van der Waals surface area contributed by atoms with Gasteiger partial charge in [-0.3, -0.25) is 4.79 Å². The molecule has 0 radical (unpaired) electrons. The lowest BCUT2D eigenvalue weighted by Crippen LogP contribution is -2.72. The predicted molar refractivity (Wildman–Crippen MR) is 233 cm³/mol. The van der Waals surface area contributed by atoms with Gasteiger partial charge in [-0.1, -0.05) is 52.2 Å². The lowest BCUT2D eigenvalue weighted by atomic mass is 9.61. The SMILES string of the molecule is CC=C(C)C(=O)OC1(C)CC=C2CSSC3CC(C=O)C(NC)C4CN(C(=O)Cc5cnc(N)cc5C2C12Cc1cc5cc(C6(CCO)CCCC6)c(=O)oc5cc1O2)C34. The third-order valence-corrected chi connectivity index (χ3v) is 17.7. The summed E-state index contributed by atoms with van der Waals surface area (Å²) in [6, 6.07) is 7.62. The normalized spacial score (nSPS) is 32.0. The Morgan fingerprint density at radius 1 is 1.18 bits per heavy atom. The van der Waals surface area contributed by atoms with Gasteiger partial charge in [0, 0.05) is 89.1 Å². The number of ether oxygens (including phenoxy) is 2. The molecule has 3 aliphatic carbocycles. The van der Waals surface area contributed by atoms with Crippen LogP contribution in [-0.4, -0.2) is 87.6 Å². The second kappa shape index (κ2) is 15.7. The molecule has 1 saturated heterocycles. The lowest BCUT2D eigenvalue weighted by Gasteiger charge is -2.58. The number of aromatic nitrogens is 1. The Bertz CT molecular complexity index is 2370. The molecule has 318 valence electrons. The highest BCUT2D eigenvalue weighted by Crippen LogP contribution is 2.59. The summed E-state index contributed by atoms with van der Waals surface area (Å²) in [5, 5.41) is 14.3. The van der Waals surface area contributed by atoms with Crippen molar-refractivity contribution >= 4 is 56.5 Å². The summed E-state index contributed by atoms with van der Waals surface area (Å²) in [7, 11) is 5.37. The minimum atomic E-state index is -1.23. The van der Waals surface area contributed by atoms with E-state index in [9.17, 15) is 24.3 Å². The zero-order chi connectivity index (χ0) is 42.1. The molecular weight excluding hydrogens is 801 g/mol. The first-order valence-corrected chi connectivity index (χ1v) is 23.7. The number of hydrogen-bond donors (Lipinski definition) is 3. The van der Waals surface area contributed by atoms with E-state index in [1.807, 2.05) is 37.1 Å². The molecule has 8 unspecified atom stereocenters. The summed E-state index contributed by atoms with van der Waals surface area (Å²) in [6.07, 6.45) is 12.2. The quantitative estimate of drug-likeness (QED) is 0.0635. The summed E-state index contributed by atoms with van der Waals surface area (Å²) < 4.78 is 20.0. The summed E-state index contributed by atoms with van der Waals surface area (Å²) in [4.78, 5) is 60.9. The maximum atomic E-state index is 14.5. The van der Waals surface area contributed by atoms with Gasteiger partial charge in [0.25, 0.3) is 0 Å². The van der Waals surface area contributed by atoms with E-state index in [2.05, 4.69) is 16.4 Å². The van der Waals surface area contributed by atoms with Gasteiger partial charge in [0.2, 0.25) is 5.91 Å². The molecule has 0 bridgehead atoms. The third-order valence-electron chi connectivity index (χ3n) is 14.9. The molecule has 60 heavy (non-hydrogen) atoms. The van der Waals surface area contributed by atoms with Crippen LogP contribution in [-0.2, 0) is 37.4 Å². The lowest BCUT2D eigenvalue weighted by molar-refractivity contribution is -0.183. The van der Waals surface area contributed by atoms with E-state index in [4.69, 9.17) is 19.6 Å². The molecule has 5 heterocycles. The number of amides is 1. The van der Waals surface area contributed by atoms with Crippen molar-refractivity contribution in [3.8, 4) is 5.75 Å². The van der Waals surface area contributed by atoms with Crippen LogP contribution in [0, 0.1) is 11.8 Å². The van der Waals surface area contributed by atoms with Crippen LogP contribution < -0.4 is 21.4 Å². The number of fused-ring (bicyclic) bond motifs is 6. The Morgan fingerprint density at radius 2 is 1.98 bits per heavy atom. The van der Waals surface area contributed by atoms with Crippen molar-refractivity contribution in [2.24, 2.45) is 11.8 Å². The number of pyridine rings is 1. The van der Waals surface area contributed by atoms with Crippen LogP contribution in [0.25, 0.3) is 11.0 Å². The Morgan fingerprint density at radius 3 is 2.72 bits per heavy atom. The molecule has 1 spiro atoms. The Kier molecular flexibility index (Phi) is 10.8. The van der Waals surface area contributed by atoms with Crippen molar-refractivity contribution in [2.75, 3.05) is 31.7 Å². The van der Waals surface area contributed by atoms with Crippen molar-refractivity contribution in [1.82, 2.24) is 15.2 Å². The number of nitrogen functional groups attached to an aromatic ring is 1. The second-order valence-corrected chi connectivity index (χ2v) is 20.6. The van der Waals surface area contributed by atoms with Crippen LogP contribution in [0.1, 0.15) is 93.9 Å². The Labute approximate surface area is 357 Å². The molecule has 6 aliphatic rings. The average Bonchev–Trinajstić information content (AvgIpc) is 3.84. The van der Waals surface area contributed by atoms with Gasteiger partial charge in [0.05, 0.1) is 18.4 Å². The highest BCUT2D eigenvalue weighted by molar-refractivity contribution is 8.77. The molecule has 1 aromatic carbocycles. The number of nitrogens with zero attached hydrogens (tertiary/aromatic N) is 2. The molecule has 2 saturated carbocycles. The number of aliphatic hydroxyl groups excluding tert-OH is 1. The molecule has 12 nitrogen and oxygen atoms in total. The van der Waals surface area contributed by atoms with Crippen molar-refractivity contribution < 1.29 is 33.4 Å². The maximum Gasteiger partial charge on any atom is 0.340 e. The van der Waals surface area contributed by atoms with E-state index < -0.39 is 34.1 Å². The fraction of sp³-hybridized carbons (Fsp3) is 0.543. The number of allylic oxidation sites excluding steroid dienone is 1. The third kappa shape index (κ3) is 6.53. The number of nitrogens with two attached hydrogens (primary N) is 1. The number of aliphatic hydroxyl groups is 1. The van der Waals surface area contributed by atoms with Crippen LogP contribution in [0.4, 0.5) is 5.82 Å². The van der Waals surface area contributed by atoms with Crippen molar-refractivity contribution in [1.29, 1.82) is 0 Å². The number of nitrogens with one attached hydrogen (secondary N) is 1. The molecule has 3 aromatic rings. The van der Waals surface area contributed by atoms with Gasteiger partial charge in [-0.2, -0.15) is 0 Å². The number of aldehydes is 1. The van der Waals surface area contributed by atoms with Crippen LogP contribution in [0.5, 0.6) is 5.75 Å². The first-order chi connectivity index (χ1) is 28.9. The summed E-state index contributed by atoms with van der Waals surface area (Å²) in [6.45, 7) is 6.02. The van der Waals surface area contributed by atoms with Crippen LogP contribution >= 0.6 is 21.6 Å². The Hall–Kier alpha value is -4.11. The van der Waals surface area contributed by atoms with Gasteiger partial charge < -0.3 is 39.7 Å². The summed E-state index contributed by atoms with van der Waals surface area (Å²) in [5.74, 6) is 0.453. The predicted octanol–water partition coefficient (Wildman–Crippen LogP) is 5.96. The van der Waals surface area contributed by atoms with Crippen LogP contribution in [0.2, 0.25) is 0 Å². The first-order valence-electron chi connectivity index (χ1n) is 21.3. The van der Waals surface area contributed by atoms with Crippen molar-refractivity contribution in [2.45, 2.75) is 118 Å². The molecule has 4 N–H and O–H groups in total. The monoisotopic (exact) mass is 854 g/mol. The van der Waals surface area contributed by atoms with Gasteiger partial charge in [-0.05, 0) is 88.4 Å². The van der Waals surface area contributed by atoms with Gasteiger partial charge in [-0.25, -0.2) is 14.6 Å². The standard InChI is InChI=1S/C46H54N4O8S2/c1-5-25(2)42(54)58-44(3)11-8-26-24-59-60-36-16-30(23-52)40(48-4)32-22-50(41(32)36)38(53)17-29-21-49-37(47)18-31(29)39(26)46(44)20-28-14-27-15-33(45(12-13-51)9-6-7-10-45)43(55)56-34(27)19-35(28)57-46/h5,8,14-15,18-19,21,23,30,32,36,39-41,48,51H,6-7,9-13,16-17,20,22,24H2,1-4H3,(H2,47,49). The Balaban J connectivity index is 1.18. The van der Waals surface area contributed by atoms with Crippen LogP contribution in [0.3, 0.4) is 0 Å². The highest BCUT2D eigenvalue weighted by Gasteiger charge is 2.64. The number of carbonyl (C=O) groups is 3. The van der Waals surface area contributed by atoms with Gasteiger partial charge in [-0.15, -0.1) is 0 Å². The van der Waals surface area contributed by atoms with E-state index in [0.717, 1.165) is 59.6 Å². The van der Waals surface area contributed by atoms with Gasteiger partial charge in [0.15, 0.2) is 11.2 Å². The smallest absolute Gasteiger partial charge is 0.340 e. The van der Waals surface area contributed by atoms with E-state index in [1.54, 1.807) is 53.8 Å². The number of rotatable bonds is 7. The fourth-order valence-electron chi connectivity index (χ4n) is 11.6. The largest absolute Gasteiger partial charge is 0.481 e.